The van der Waals surface area contributed by atoms with Gasteiger partial charge in [-0.1, -0.05) is 32.8 Å². The smallest absolute Gasteiger partial charge is 0.325 e. The van der Waals surface area contributed by atoms with Crippen molar-refractivity contribution in [2.45, 2.75) is 39.2 Å². The molecular weight excluding hydrogens is 366 g/mol. The third-order valence-electron chi connectivity index (χ3n) is 5.13. The van der Waals surface area contributed by atoms with Gasteiger partial charge in [-0.25, -0.2) is 0 Å². The van der Waals surface area contributed by atoms with E-state index in [1.54, 1.807) is 0 Å². The SMILES string of the molecule is C[C@@H]1[C@H](C)CCC[C@@H]1NC(=O)COC(=O)CNC(=O)c1cccc([N+](=O)[O-])c1. The summed E-state index contributed by atoms with van der Waals surface area (Å²) >= 11 is 0. The number of benzene rings is 1. The fourth-order valence-electron chi connectivity index (χ4n) is 3.25. The number of carbonyl (C=O) groups excluding carboxylic acids is 3. The molecule has 9 nitrogen and oxygen atoms in total. The Kier molecular flexibility index (Phi) is 7.48. The number of nitrogens with one attached hydrogen (secondary N) is 2. The summed E-state index contributed by atoms with van der Waals surface area (Å²) in [5.41, 5.74) is -0.168. The van der Waals surface area contributed by atoms with Crippen LogP contribution in [0, 0.1) is 22.0 Å². The van der Waals surface area contributed by atoms with Crippen LogP contribution in [0.1, 0.15) is 43.5 Å². The highest BCUT2D eigenvalue weighted by molar-refractivity contribution is 5.96. The quantitative estimate of drug-likeness (QED) is 0.414. The van der Waals surface area contributed by atoms with Gasteiger partial charge in [-0.15, -0.1) is 0 Å². The summed E-state index contributed by atoms with van der Waals surface area (Å²) in [6, 6.07) is 5.22. The Morgan fingerprint density at radius 2 is 2.00 bits per heavy atom. The Balaban J connectivity index is 1.73. The van der Waals surface area contributed by atoms with Crippen molar-refractivity contribution in [2.75, 3.05) is 13.2 Å². The third-order valence-corrected chi connectivity index (χ3v) is 5.13. The number of nitrogens with zero attached hydrogens (tertiary/aromatic N) is 1. The molecule has 0 radical (unpaired) electrons. The molecule has 0 aromatic heterocycles. The predicted molar refractivity (Wildman–Crippen MR) is 100 cm³/mol. The van der Waals surface area contributed by atoms with Crippen molar-refractivity contribution >= 4 is 23.5 Å². The van der Waals surface area contributed by atoms with Gasteiger partial charge in [0.05, 0.1) is 4.92 Å². The molecular formula is C19H25N3O6. The minimum absolute atomic E-state index is 0.0557. The molecule has 2 N–H and O–H groups in total. The van der Waals surface area contributed by atoms with Crippen molar-refractivity contribution in [3.05, 3.63) is 39.9 Å². The highest BCUT2D eigenvalue weighted by Gasteiger charge is 2.28. The van der Waals surface area contributed by atoms with Crippen LogP contribution in [0.4, 0.5) is 5.69 Å². The zero-order valence-corrected chi connectivity index (χ0v) is 16.0. The number of rotatable bonds is 7. The summed E-state index contributed by atoms with van der Waals surface area (Å²) in [5, 5.41) is 15.9. The van der Waals surface area contributed by atoms with Gasteiger partial charge in [0.1, 0.15) is 6.54 Å². The van der Waals surface area contributed by atoms with Crippen LogP contribution in [-0.4, -0.2) is 41.9 Å². The van der Waals surface area contributed by atoms with Crippen LogP contribution in [0.3, 0.4) is 0 Å². The minimum Gasteiger partial charge on any atom is -0.454 e. The van der Waals surface area contributed by atoms with E-state index >= 15 is 0 Å². The van der Waals surface area contributed by atoms with Crippen LogP contribution >= 0.6 is 0 Å². The average molecular weight is 391 g/mol. The van der Waals surface area contributed by atoms with E-state index in [4.69, 9.17) is 4.74 Å². The maximum atomic E-state index is 12.0. The summed E-state index contributed by atoms with van der Waals surface area (Å²) in [6.45, 7) is 3.41. The molecule has 3 atom stereocenters. The van der Waals surface area contributed by atoms with Crippen LogP contribution in [-0.2, 0) is 14.3 Å². The summed E-state index contributed by atoms with van der Waals surface area (Å²) in [4.78, 5) is 45.8. The van der Waals surface area contributed by atoms with E-state index in [1.165, 1.54) is 18.2 Å². The maximum absolute atomic E-state index is 12.0. The van der Waals surface area contributed by atoms with Gasteiger partial charge in [0, 0.05) is 23.7 Å². The number of hydrogen-bond acceptors (Lipinski definition) is 6. The Morgan fingerprint density at radius 3 is 2.71 bits per heavy atom. The molecule has 0 bridgehead atoms. The molecule has 1 aliphatic carbocycles. The molecule has 1 aromatic carbocycles. The summed E-state index contributed by atoms with van der Waals surface area (Å²) in [7, 11) is 0. The third kappa shape index (κ3) is 6.04. The predicted octanol–water partition coefficient (Wildman–Crippen LogP) is 1.81. The van der Waals surface area contributed by atoms with E-state index in [2.05, 4.69) is 24.5 Å². The number of nitro groups is 1. The zero-order chi connectivity index (χ0) is 20.7. The first-order valence-corrected chi connectivity index (χ1v) is 9.25. The molecule has 2 amide bonds. The van der Waals surface area contributed by atoms with Crippen molar-refractivity contribution in [1.82, 2.24) is 10.6 Å². The van der Waals surface area contributed by atoms with Gasteiger partial charge in [-0.3, -0.25) is 24.5 Å². The first-order valence-electron chi connectivity index (χ1n) is 9.25. The van der Waals surface area contributed by atoms with Gasteiger partial charge >= 0.3 is 5.97 Å². The second-order valence-corrected chi connectivity index (χ2v) is 7.09. The summed E-state index contributed by atoms with van der Waals surface area (Å²) in [5.74, 6) is -0.883. The van der Waals surface area contributed by atoms with Gasteiger partial charge in [0.2, 0.25) is 0 Å². The van der Waals surface area contributed by atoms with Crippen molar-refractivity contribution in [1.29, 1.82) is 0 Å². The lowest BCUT2D eigenvalue weighted by Gasteiger charge is -2.34. The maximum Gasteiger partial charge on any atom is 0.325 e. The fourth-order valence-corrected chi connectivity index (χ4v) is 3.25. The van der Waals surface area contributed by atoms with E-state index < -0.39 is 30.0 Å². The largest absolute Gasteiger partial charge is 0.454 e. The van der Waals surface area contributed by atoms with E-state index in [0.29, 0.717) is 11.8 Å². The fraction of sp³-hybridized carbons (Fsp3) is 0.526. The number of esters is 1. The lowest BCUT2D eigenvalue weighted by Crippen LogP contribution is -2.45. The molecule has 0 unspecified atom stereocenters. The standard InChI is InChI=1S/C19H25N3O6/c1-12-5-3-8-16(13(12)2)21-17(23)11-28-18(24)10-20-19(25)14-6-4-7-15(9-14)22(26)27/h4,6-7,9,12-13,16H,3,5,8,10-11H2,1-2H3,(H,20,25)(H,21,23)/t12-,13-,16+/m1/s1. The first-order chi connectivity index (χ1) is 13.3. The monoisotopic (exact) mass is 391 g/mol. The van der Waals surface area contributed by atoms with Crippen LogP contribution < -0.4 is 10.6 Å². The van der Waals surface area contributed by atoms with E-state index in [9.17, 15) is 24.5 Å². The van der Waals surface area contributed by atoms with Gasteiger partial charge in [0.15, 0.2) is 6.61 Å². The van der Waals surface area contributed by atoms with Crippen molar-refractivity contribution < 1.29 is 24.0 Å². The van der Waals surface area contributed by atoms with Crippen molar-refractivity contribution in [3.63, 3.8) is 0 Å². The van der Waals surface area contributed by atoms with Gasteiger partial charge in [0.25, 0.3) is 17.5 Å². The molecule has 152 valence electrons. The Hall–Kier alpha value is -2.97. The molecule has 28 heavy (non-hydrogen) atoms. The molecule has 0 heterocycles. The van der Waals surface area contributed by atoms with Crippen LogP contribution in [0.15, 0.2) is 24.3 Å². The highest BCUT2D eigenvalue weighted by atomic mass is 16.6. The lowest BCUT2D eigenvalue weighted by molar-refractivity contribution is -0.384. The first kappa shape index (κ1) is 21.3. The molecule has 1 aliphatic rings. The van der Waals surface area contributed by atoms with Gasteiger partial charge in [-0.2, -0.15) is 0 Å². The Morgan fingerprint density at radius 1 is 1.25 bits per heavy atom. The van der Waals surface area contributed by atoms with Crippen LogP contribution in [0.5, 0.6) is 0 Å². The lowest BCUT2D eigenvalue weighted by atomic mass is 9.78. The van der Waals surface area contributed by atoms with E-state index in [1.807, 2.05) is 0 Å². The number of amides is 2. The number of hydrogen-bond donors (Lipinski definition) is 2. The topological polar surface area (TPSA) is 128 Å². The zero-order valence-electron chi connectivity index (χ0n) is 16.0. The molecule has 9 heteroatoms. The normalized spacial score (nSPS) is 21.4. The number of nitro benzene ring substituents is 1. The highest BCUT2D eigenvalue weighted by Crippen LogP contribution is 2.29. The van der Waals surface area contributed by atoms with Crippen LogP contribution in [0.2, 0.25) is 0 Å². The molecule has 0 aliphatic heterocycles. The van der Waals surface area contributed by atoms with Crippen molar-refractivity contribution in [2.24, 2.45) is 11.8 Å². The molecule has 0 saturated heterocycles. The van der Waals surface area contributed by atoms with E-state index in [-0.39, 0.29) is 23.2 Å². The number of carbonyl (C=O) groups is 3. The molecule has 1 saturated carbocycles. The van der Waals surface area contributed by atoms with E-state index in [0.717, 1.165) is 25.3 Å². The number of ether oxygens (including phenoxy) is 1. The van der Waals surface area contributed by atoms with Gasteiger partial charge in [-0.05, 0) is 24.3 Å². The second-order valence-electron chi connectivity index (χ2n) is 7.09. The molecule has 1 fully saturated rings. The Bertz CT molecular complexity index is 751. The van der Waals surface area contributed by atoms with Gasteiger partial charge < -0.3 is 15.4 Å². The average Bonchev–Trinajstić information content (AvgIpc) is 2.68. The van der Waals surface area contributed by atoms with Crippen molar-refractivity contribution in [3.8, 4) is 0 Å². The van der Waals surface area contributed by atoms with Crippen LogP contribution in [0.25, 0.3) is 0 Å². The Labute approximate surface area is 163 Å². The number of non-ortho nitro benzene ring substituents is 1. The summed E-state index contributed by atoms with van der Waals surface area (Å²) in [6.07, 6.45) is 3.11. The second kappa shape index (κ2) is 9.82. The molecule has 1 aromatic rings. The summed E-state index contributed by atoms with van der Waals surface area (Å²) < 4.78 is 4.88. The minimum atomic E-state index is -0.765. The molecule has 0 spiro atoms. The molecule has 2 rings (SSSR count).